The molecule has 0 radical (unpaired) electrons. The molecule has 7 heteroatoms. The number of ether oxygens (including phenoxy) is 1. The van der Waals surface area contributed by atoms with E-state index >= 15 is 0 Å². The number of carboxylic acids is 1. The quantitative estimate of drug-likeness (QED) is 0.358. The lowest BCUT2D eigenvalue weighted by atomic mass is 9.83. The molecule has 1 fully saturated rings. The number of benzene rings is 2. The molecule has 0 saturated carbocycles. The lowest BCUT2D eigenvalue weighted by molar-refractivity contribution is -0.137. The Kier molecular flexibility index (Phi) is 8.60. The second-order valence-electron chi connectivity index (χ2n) is 9.59. The first-order valence-corrected chi connectivity index (χ1v) is 13.1. The minimum Gasteiger partial charge on any atom is -0.489 e. The van der Waals surface area contributed by atoms with Crippen LogP contribution in [0.25, 0.3) is 22.5 Å². The van der Waals surface area contributed by atoms with Crippen molar-refractivity contribution in [3.05, 3.63) is 64.9 Å². The predicted molar refractivity (Wildman–Crippen MR) is 144 cm³/mol. The Morgan fingerprint density at radius 3 is 2.47 bits per heavy atom. The number of halogens is 1. The number of carboxylic acid groups (broad SMARTS) is 1. The van der Waals surface area contributed by atoms with E-state index in [0.29, 0.717) is 29.1 Å². The summed E-state index contributed by atoms with van der Waals surface area (Å²) >= 11 is 6.41. The fraction of sp³-hybridized carbons (Fsp3) is 0.414. The first-order chi connectivity index (χ1) is 17.4. The molecular formula is C29H34ClN3O3. The Balaban J connectivity index is 1.52. The van der Waals surface area contributed by atoms with Crippen LogP contribution < -0.4 is 4.74 Å². The number of rotatable bonds is 9. The molecule has 3 aromatic rings. The maximum absolute atomic E-state index is 10.9. The fourth-order valence-corrected chi connectivity index (χ4v) is 5.20. The molecule has 190 valence electrons. The predicted octanol–water partition coefficient (Wildman–Crippen LogP) is 6.47. The van der Waals surface area contributed by atoms with Crippen molar-refractivity contribution in [1.29, 1.82) is 0 Å². The van der Waals surface area contributed by atoms with E-state index in [1.807, 2.05) is 44.4 Å². The van der Waals surface area contributed by atoms with E-state index in [-0.39, 0.29) is 12.5 Å². The minimum absolute atomic E-state index is 0.0527. The van der Waals surface area contributed by atoms with Gasteiger partial charge in [0.2, 0.25) is 0 Å². The van der Waals surface area contributed by atoms with Gasteiger partial charge in [-0.2, -0.15) is 0 Å². The molecule has 1 aliphatic heterocycles. The molecule has 4 rings (SSSR count). The number of piperidine rings is 1. The van der Waals surface area contributed by atoms with Crippen LogP contribution >= 0.6 is 11.6 Å². The molecule has 0 unspecified atom stereocenters. The molecule has 1 saturated heterocycles. The van der Waals surface area contributed by atoms with Gasteiger partial charge in [0.05, 0.1) is 17.5 Å². The molecule has 0 aliphatic carbocycles. The van der Waals surface area contributed by atoms with Gasteiger partial charge in [-0.3, -0.25) is 4.79 Å². The highest BCUT2D eigenvalue weighted by Crippen LogP contribution is 2.36. The maximum Gasteiger partial charge on any atom is 0.304 e. The first-order valence-electron chi connectivity index (χ1n) is 12.7. The van der Waals surface area contributed by atoms with Crippen molar-refractivity contribution in [2.24, 2.45) is 0 Å². The monoisotopic (exact) mass is 507 g/mol. The number of aromatic nitrogens is 2. The molecule has 0 spiro atoms. The van der Waals surface area contributed by atoms with Crippen LogP contribution in [0.3, 0.4) is 0 Å². The van der Waals surface area contributed by atoms with Crippen LogP contribution in [0.4, 0.5) is 0 Å². The van der Waals surface area contributed by atoms with Gasteiger partial charge in [0, 0.05) is 30.1 Å². The average Bonchev–Trinajstić information content (AvgIpc) is 2.88. The fourth-order valence-electron chi connectivity index (χ4n) is 4.98. The molecule has 2 aromatic carbocycles. The Morgan fingerprint density at radius 2 is 1.86 bits per heavy atom. The van der Waals surface area contributed by atoms with Crippen LogP contribution in [0.15, 0.2) is 48.8 Å². The van der Waals surface area contributed by atoms with Gasteiger partial charge >= 0.3 is 5.97 Å². The van der Waals surface area contributed by atoms with Gasteiger partial charge in [-0.05, 0) is 87.0 Å². The van der Waals surface area contributed by atoms with Gasteiger partial charge < -0.3 is 14.7 Å². The van der Waals surface area contributed by atoms with E-state index in [2.05, 4.69) is 40.0 Å². The van der Waals surface area contributed by atoms with E-state index in [4.69, 9.17) is 21.4 Å². The Labute approximate surface area is 218 Å². The van der Waals surface area contributed by atoms with Crippen molar-refractivity contribution in [3.8, 4) is 28.3 Å². The van der Waals surface area contributed by atoms with Gasteiger partial charge in [0.15, 0.2) is 5.82 Å². The molecule has 6 nitrogen and oxygen atoms in total. The van der Waals surface area contributed by atoms with E-state index in [9.17, 15) is 4.79 Å². The molecule has 36 heavy (non-hydrogen) atoms. The van der Waals surface area contributed by atoms with Gasteiger partial charge in [-0.1, -0.05) is 36.7 Å². The minimum atomic E-state index is -0.730. The number of nitrogens with zero attached hydrogens (tertiary/aromatic N) is 3. The van der Waals surface area contributed by atoms with Crippen LogP contribution in [0.5, 0.6) is 5.75 Å². The SMILES string of the molecule is CCc1c(-c2cnc(-c3ccc(OC(C)C)c(Cl)c3)nc2)cccc1C1CCN(CCC(=O)O)CC1. The van der Waals surface area contributed by atoms with E-state index in [1.165, 1.54) is 16.7 Å². The third-order valence-corrected chi connectivity index (χ3v) is 7.05. The number of carbonyl (C=O) groups is 1. The highest BCUT2D eigenvalue weighted by atomic mass is 35.5. The van der Waals surface area contributed by atoms with Gasteiger partial charge in [-0.15, -0.1) is 0 Å². The van der Waals surface area contributed by atoms with Gasteiger partial charge in [0.1, 0.15) is 5.75 Å². The van der Waals surface area contributed by atoms with Crippen molar-refractivity contribution in [3.63, 3.8) is 0 Å². The molecule has 0 bridgehead atoms. The van der Waals surface area contributed by atoms with Crippen LogP contribution in [0, 0.1) is 0 Å². The molecule has 1 aliphatic rings. The smallest absolute Gasteiger partial charge is 0.304 e. The number of likely N-dealkylation sites (tertiary alicyclic amines) is 1. The highest BCUT2D eigenvalue weighted by Gasteiger charge is 2.24. The largest absolute Gasteiger partial charge is 0.489 e. The van der Waals surface area contributed by atoms with Crippen molar-refractivity contribution in [1.82, 2.24) is 14.9 Å². The molecule has 0 atom stereocenters. The third-order valence-electron chi connectivity index (χ3n) is 6.75. The zero-order valence-electron chi connectivity index (χ0n) is 21.2. The van der Waals surface area contributed by atoms with Crippen molar-refractivity contribution >= 4 is 17.6 Å². The summed E-state index contributed by atoms with van der Waals surface area (Å²) in [4.78, 5) is 22.5. The summed E-state index contributed by atoms with van der Waals surface area (Å²) in [5, 5.41) is 9.51. The lowest BCUT2D eigenvalue weighted by Crippen LogP contribution is -2.34. The lowest BCUT2D eigenvalue weighted by Gasteiger charge is -2.33. The van der Waals surface area contributed by atoms with Crippen molar-refractivity contribution < 1.29 is 14.6 Å². The molecule has 0 amide bonds. The van der Waals surface area contributed by atoms with Crippen LogP contribution in [-0.4, -0.2) is 51.7 Å². The Hall–Kier alpha value is -2.96. The van der Waals surface area contributed by atoms with Crippen LogP contribution in [0.2, 0.25) is 5.02 Å². The van der Waals surface area contributed by atoms with Gasteiger partial charge in [-0.25, -0.2) is 9.97 Å². The summed E-state index contributed by atoms with van der Waals surface area (Å²) in [5.74, 6) is 1.03. The molecule has 1 aromatic heterocycles. The van der Waals surface area contributed by atoms with Crippen LogP contribution in [-0.2, 0) is 11.2 Å². The zero-order valence-corrected chi connectivity index (χ0v) is 22.0. The van der Waals surface area contributed by atoms with Crippen molar-refractivity contribution in [2.45, 2.75) is 58.5 Å². The summed E-state index contributed by atoms with van der Waals surface area (Å²) < 4.78 is 5.73. The van der Waals surface area contributed by atoms with Crippen molar-refractivity contribution in [2.75, 3.05) is 19.6 Å². The number of hydrogen-bond donors (Lipinski definition) is 1. The van der Waals surface area contributed by atoms with E-state index < -0.39 is 5.97 Å². The maximum atomic E-state index is 10.9. The van der Waals surface area contributed by atoms with E-state index in [1.54, 1.807) is 0 Å². The topological polar surface area (TPSA) is 75.6 Å². The summed E-state index contributed by atoms with van der Waals surface area (Å²) in [6.45, 7) is 8.64. The van der Waals surface area contributed by atoms with Crippen LogP contribution in [0.1, 0.15) is 57.1 Å². The Bertz CT molecular complexity index is 1190. The summed E-state index contributed by atoms with van der Waals surface area (Å²) in [5.41, 5.74) is 5.76. The molecule has 2 heterocycles. The average molecular weight is 508 g/mol. The number of aliphatic carboxylic acids is 1. The third kappa shape index (κ3) is 6.23. The first kappa shape index (κ1) is 26.1. The number of hydrogen-bond acceptors (Lipinski definition) is 5. The second-order valence-corrected chi connectivity index (χ2v) is 10.0. The Morgan fingerprint density at radius 1 is 1.14 bits per heavy atom. The standard InChI is InChI=1S/C29H34ClN3O3/c1-4-23-24(20-10-13-33(14-11-20)15-12-28(34)35)6-5-7-25(23)22-17-31-29(32-18-22)21-8-9-27(26(30)16-21)36-19(2)3/h5-9,16-20H,4,10-15H2,1-3H3,(H,34,35). The summed E-state index contributed by atoms with van der Waals surface area (Å²) in [6, 6.07) is 12.2. The highest BCUT2D eigenvalue weighted by molar-refractivity contribution is 6.32. The molecule has 1 N–H and O–H groups in total. The summed E-state index contributed by atoms with van der Waals surface area (Å²) in [6.07, 6.45) is 7.06. The summed E-state index contributed by atoms with van der Waals surface area (Å²) in [7, 11) is 0. The second kappa shape index (κ2) is 11.8. The van der Waals surface area contributed by atoms with E-state index in [0.717, 1.165) is 43.5 Å². The molecular weight excluding hydrogens is 474 g/mol. The zero-order chi connectivity index (χ0) is 25.7. The van der Waals surface area contributed by atoms with Gasteiger partial charge in [0.25, 0.3) is 0 Å². The normalized spacial score (nSPS) is 14.8.